The van der Waals surface area contributed by atoms with Crippen molar-refractivity contribution in [1.29, 1.82) is 0 Å². The van der Waals surface area contributed by atoms with Crippen LogP contribution in [0.2, 0.25) is 0 Å². The van der Waals surface area contributed by atoms with Crippen molar-refractivity contribution in [3.8, 4) is 11.1 Å². The summed E-state index contributed by atoms with van der Waals surface area (Å²) >= 11 is 0. The maximum absolute atomic E-state index is 12.6. The van der Waals surface area contributed by atoms with Gasteiger partial charge in [0, 0.05) is 0 Å². The molecule has 2 rings (SSSR count). The third-order valence-corrected chi connectivity index (χ3v) is 3.01. The molecule has 0 saturated carbocycles. The van der Waals surface area contributed by atoms with Crippen LogP contribution in [0, 0.1) is 0 Å². The van der Waals surface area contributed by atoms with Crippen molar-refractivity contribution in [3.05, 3.63) is 60.2 Å². The fourth-order valence-electron chi connectivity index (χ4n) is 1.78. The van der Waals surface area contributed by atoms with Gasteiger partial charge in [-0.1, -0.05) is 54.6 Å². The van der Waals surface area contributed by atoms with Crippen molar-refractivity contribution in [2.75, 3.05) is 0 Å². The first-order valence-electron chi connectivity index (χ1n) is 5.70. The van der Waals surface area contributed by atoms with Crippen LogP contribution in [0.3, 0.4) is 0 Å². The monoisotopic (exact) mass is 250 g/mol. The van der Waals surface area contributed by atoms with Gasteiger partial charge in [-0.3, -0.25) is 0 Å². The van der Waals surface area contributed by atoms with Crippen LogP contribution in [0.1, 0.15) is 18.4 Å². The molecule has 94 valence electrons. The van der Waals surface area contributed by atoms with Crippen LogP contribution in [0.15, 0.2) is 54.6 Å². The molecule has 0 aliphatic carbocycles. The summed E-state index contributed by atoms with van der Waals surface area (Å²) < 4.78 is 37.7. The lowest BCUT2D eigenvalue weighted by Gasteiger charge is -2.16. The molecule has 0 aliphatic rings. The second-order valence-electron chi connectivity index (χ2n) is 4.25. The molecule has 0 radical (unpaired) electrons. The smallest absolute Gasteiger partial charge is 0.170 e. The molecule has 0 amide bonds. The minimum absolute atomic E-state index is 0.294. The highest BCUT2D eigenvalue weighted by atomic mass is 19.4. The summed E-state index contributed by atoms with van der Waals surface area (Å²) in [7, 11) is 0. The second-order valence-corrected chi connectivity index (χ2v) is 4.25. The van der Waals surface area contributed by atoms with Gasteiger partial charge >= 0.3 is 6.18 Å². The third kappa shape index (κ3) is 2.73. The van der Waals surface area contributed by atoms with Crippen LogP contribution in [0.5, 0.6) is 0 Å². The van der Waals surface area contributed by atoms with E-state index >= 15 is 0 Å². The van der Waals surface area contributed by atoms with E-state index in [0.717, 1.165) is 11.1 Å². The Morgan fingerprint density at radius 3 is 1.78 bits per heavy atom. The highest BCUT2D eigenvalue weighted by Gasteiger charge is 2.36. The van der Waals surface area contributed by atoms with E-state index in [-0.39, 0.29) is 0 Å². The Kier molecular flexibility index (Phi) is 3.41. The van der Waals surface area contributed by atoms with Gasteiger partial charge in [0.2, 0.25) is 0 Å². The lowest BCUT2D eigenvalue weighted by atomic mass is 9.97. The zero-order valence-corrected chi connectivity index (χ0v) is 9.91. The summed E-state index contributed by atoms with van der Waals surface area (Å²) in [6.07, 6.45) is -4.19. The molecule has 0 saturated heterocycles. The number of halogens is 3. The molecule has 0 aliphatic heterocycles. The van der Waals surface area contributed by atoms with Crippen molar-refractivity contribution in [2.24, 2.45) is 0 Å². The topological polar surface area (TPSA) is 0 Å². The van der Waals surface area contributed by atoms with Crippen LogP contribution in [-0.2, 0) is 0 Å². The molecule has 0 nitrogen and oxygen atoms in total. The molecule has 0 spiro atoms. The first-order chi connectivity index (χ1) is 8.48. The maximum atomic E-state index is 12.6. The van der Waals surface area contributed by atoms with Gasteiger partial charge in [-0.15, -0.1) is 0 Å². The zero-order chi connectivity index (χ0) is 13.2. The van der Waals surface area contributed by atoms with Crippen LogP contribution < -0.4 is 0 Å². The Labute approximate surface area is 104 Å². The lowest BCUT2D eigenvalue weighted by Crippen LogP contribution is -2.17. The third-order valence-electron chi connectivity index (χ3n) is 3.01. The van der Waals surface area contributed by atoms with E-state index in [4.69, 9.17) is 0 Å². The minimum Gasteiger partial charge on any atom is -0.170 e. The van der Waals surface area contributed by atoms with Crippen molar-refractivity contribution in [2.45, 2.75) is 19.0 Å². The van der Waals surface area contributed by atoms with Crippen molar-refractivity contribution in [1.82, 2.24) is 0 Å². The molecule has 0 unspecified atom stereocenters. The quantitative estimate of drug-likeness (QED) is 0.702. The predicted molar refractivity (Wildman–Crippen MR) is 66.3 cm³/mol. The number of benzene rings is 2. The molecule has 3 heteroatoms. The SMILES string of the molecule is C[C@H](c1ccc(-c2ccccc2)cc1)C(F)(F)F. The average molecular weight is 250 g/mol. The highest BCUT2D eigenvalue weighted by molar-refractivity contribution is 5.63. The van der Waals surface area contributed by atoms with Crippen LogP contribution in [0.25, 0.3) is 11.1 Å². The van der Waals surface area contributed by atoms with E-state index in [1.54, 1.807) is 24.3 Å². The maximum Gasteiger partial charge on any atom is 0.395 e. The summed E-state index contributed by atoms with van der Waals surface area (Å²) in [5.41, 5.74) is 2.22. The molecule has 0 heterocycles. The molecule has 0 bridgehead atoms. The van der Waals surface area contributed by atoms with Gasteiger partial charge in [-0.05, 0) is 23.6 Å². The lowest BCUT2D eigenvalue weighted by molar-refractivity contribution is -0.146. The Hall–Kier alpha value is -1.77. The number of rotatable bonds is 2. The molecule has 2 aromatic carbocycles. The molecule has 0 aromatic heterocycles. The average Bonchev–Trinajstić information content (AvgIpc) is 2.38. The molecule has 1 atom stereocenters. The Balaban J connectivity index is 2.26. The van der Waals surface area contributed by atoms with Gasteiger partial charge < -0.3 is 0 Å². The van der Waals surface area contributed by atoms with Gasteiger partial charge in [0.25, 0.3) is 0 Å². The normalized spacial score (nSPS) is 13.3. The van der Waals surface area contributed by atoms with E-state index in [9.17, 15) is 13.2 Å². The predicted octanol–water partition coefficient (Wildman–Crippen LogP) is 5.02. The van der Waals surface area contributed by atoms with Gasteiger partial charge in [0.15, 0.2) is 0 Å². The minimum atomic E-state index is -4.19. The largest absolute Gasteiger partial charge is 0.395 e. The first kappa shape index (κ1) is 12.7. The standard InChI is InChI=1S/C15H13F3/c1-11(15(16,17)18)12-7-9-14(10-8-12)13-5-3-2-4-6-13/h2-11H,1H3/t11-/m1/s1. The van der Waals surface area contributed by atoms with Crippen LogP contribution >= 0.6 is 0 Å². The highest BCUT2D eigenvalue weighted by Crippen LogP contribution is 2.34. The summed E-state index contributed by atoms with van der Waals surface area (Å²) in [4.78, 5) is 0. The van der Waals surface area contributed by atoms with E-state index < -0.39 is 12.1 Å². The first-order valence-corrected chi connectivity index (χ1v) is 5.70. The van der Waals surface area contributed by atoms with Gasteiger partial charge in [0.05, 0.1) is 5.92 Å². The summed E-state index contributed by atoms with van der Waals surface area (Å²) in [5, 5.41) is 0. The van der Waals surface area contributed by atoms with E-state index in [1.807, 2.05) is 30.3 Å². The fraction of sp³-hybridized carbons (Fsp3) is 0.200. The zero-order valence-electron chi connectivity index (χ0n) is 9.91. The number of alkyl halides is 3. The molecule has 0 fully saturated rings. The summed E-state index contributed by atoms with van der Waals surface area (Å²) in [6.45, 7) is 1.18. The molecule has 0 N–H and O–H groups in total. The molecule has 18 heavy (non-hydrogen) atoms. The van der Waals surface area contributed by atoms with Crippen molar-refractivity contribution >= 4 is 0 Å². The molecular formula is C15H13F3. The van der Waals surface area contributed by atoms with E-state index in [2.05, 4.69) is 0 Å². The fourth-order valence-corrected chi connectivity index (χ4v) is 1.78. The Morgan fingerprint density at radius 2 is 1.28 bits per heavy atom. The Morgan fingerprint density at radius 1 is 0.778 bits per heavy atom. The summed E-state index contributed by atoms with van der Waals surface area (Å²) in [6, 6.07) is 16.1. The molecule has 2 aromatic rings. The van der Waals surface area contributed by atoms with Gasteiger partial charge in [-0.2, -0.15) is 13.2 Å². The van der Waals surface area contributed by atoms with Gasteiger partial charge in [0.1, 0.15) is 0 Å². The second kappa shape index (κ2) is 4.84. The number of hydrogen-bond acceptors (Lipinski definition) is 0. The summed E-state index contributed by atoms with van der Waals surface area (Å²) in [5.74, 6) is -1.43. The van der Waals surface area contributed by atoms with Gasteiger partial charge in [-0.25, -0.2) is 0 Å². The van der Waals surface area contributed by atoms with Crippen molar-refractivity contribution < 1.29 is 13.2 Å². The van der Waals surface area contributed by atoms with Crippen LogP contribution in [-0.4, -0.2) is 6.18 Å². The van der Waals surface area contributed by atoms with Crippen LogP contribution in [0.4, 0.5) is 13.2 Å². The van der Waals surface area contributed by atoms with Crippen molar-refractivity contribution in [3.63, 3.8) is 0 Å². The Bertz CT molecular complexity index is 498. The number of hydrogen-bond donors (Lipinski definition) is 0. The van der Waals surface area contributed by atoms with E-state index in [1.165, 1.54) is 6.92 Å². The van der Waals surface area contributed by atoms with E-state index in [0.29, 0.717) is 5.56 Å². The molecular weight excluding hydrogens is 237 g/mol.